The zero-order chi connectivity index (χ0) is 13.8. The van der Waals surface area contributed by atoms with Gasteiger partial charge in [-0.15, -0.1) is 4.52 Å². The summed E-state index contributed by atoms with van der Waals surface area (Å²) in [5, 5.41) is 10.6. The molecule has 6 nitrogen and oxygen atoms in total. The fourth-order valence-corrected chi connectivity index (χ4v) is 2.52. The van der Waals surface area contributed by atoms with Crippen LogP contribution in [-0.2, 0) is 14.7 Å². The molecule has 0 heterocycles. The first-order chi connectivity index (χ1) is 8.45. The average Bonchev–Trinajstić information content (AvgIpc) is 2.36. The summed E-state index contributed by atoms with van der Waals surface area (Å²) in [5.74, 6) is 0. The molecule has 0 bridgehead atoms. The molecule has 7 heteroatoms. The molecule has 1 rings (SSSR count). The lowest BCUT2D eigenvalue weighted by atomic mass is 9.88. The van der Waals surface area contributed by atoms with Crippen LogP contribution in [-0.4, -0.2) is 4.92 Å². The lowest BCUT2D eigenvalue weighted by Crippen LogP contribution is -2.26. The van der Waals surface area contributed by atoms with Gasteiger partial charge in [-0.3, -0.25) is 10.1 Å². The van der Waals surface area contributed by atoms with Crippen LogP contribution in [0.2, 0.25) is 0 Å². The van der Waals surface area contributed by atoms with Gasteiger partial charge >= 0.3 is 8.25 Å². The molecule has 98 valence electrons. The molecular weight excluding hydrogens is 257 g/mol. The Balaban J connectivity index is 3.13. The first kappa shape index (κ1) is 14.7. The molecule has 0 aromatic heterocycles. The summed E-state index contributed by atoms with van der Waals surface area (Å²) in [6.07, 6.45) is 0.926. The van der Waals surface area contributed by atoms with Gasteiger partial charge in [0.2, 0.25) is 0 Å². The topological polar surface area (TPSA) is 92.5 Å². The molecular formula is C11H14NO5P. The molecule has 1 atom stereocenters. The van der Waals surface area contributed by atoms with Crippen LogP contribution < -0.4 is 4.89 Å². The molecule has 0 radical (unpaired) electrons. The standard InChI is InChI=1S/C11H14NO5P/c1-3-11(4-2,17-18(15)16)9-5-7-10(8-6-9)12(13)14/h5-8H,3-4H2,1-2H3. The van der Waals surface area contributed by atoms with E-state index in [0.717, 1.165) is 0 Å². The van der Waals surface area contributed by atoms with E-state index in [1.807, 2.05) is 13.8 Å². The minimum atomic E-state index is -2.98. The van der Waals surface area contributed by atoms with Gasteiger partial charge in [-0.25, -0.2) is 0 Å². The molecule has 0 aliphatic carbocycles. The molecule has 1 aromatic rings. The van der Waals surface area contributed by atoms with Crippen molar-refractivity contribution in [1.29, 1.82) is 0 Å². The van der Waals surface area contributed by atoms with Gasteiger partial charge in [0.25, 0.3) is 5.69 Å². The zero-order valence-electron chi connectivity index (χ0n) is 10.2. The van der Waals surface area contributed by atoms with Crippen LogP contribution in [0, 0.1) is 10.1 Å². The van der Waals surface area contributed by atoms with E-state index in [1.165, 1.54) is 24.3 Å². The second-order valence-corrected chi connectivity index (χ2v) is 4.45. The molecule has 0 saturated carbocycles. The van der Waals surface area contributed by atoms with Crippen molar-refractivity contribution in [2.24, 2.45) is 0 Å². The Morgan fingerprint density at radius 2 is 1.78 bits per heavy atom. The fourth-order valence-electron chi connectivity index (χ4n) is 1.87. The molecule has 0 amide bonds. The van der Waals surface area contributed by atoms with E-state index in [4.69, 9.17) is 4.52 Å². The van der Waals surface area contributed by atoms with Crippen LogP contribution in [0.5, 0.6) is 0 Å². The average molecular weight is 271 g/mol. The Hall–Kier alpha value is -1.36. The highest BCUT2D eigenvalue weighted by Crippen LogP contribution is 2.39. The van der Waals surface area contributed by atoms with Gasteiger partial charge in [-0.1, -0.05) is 13.8 Å². The van der Waals surface area contributed by atoms with Crippen molar-refractivity contribution in [3.8, 4) is 0 Å². The van der Waals surface area contributed by atoms with Gasteiger partial charge in [0.05, 0.1) is 4.92 Å². The van der Waals surface area contributed by atoms with Gasteiger partial charge in [0, 0.05) is 12.1 Å². The summed E-state index contributed by atoms with van der Waals surface area (Å²) in [4.78, 5) is 20.8. The summed E-state index contributed by atoms with van der Waals surface area (Å²) in [5.41, 5.74) is -0.353. The highest BCUT2D eigenvalue weighted by atomic mass is 31.1. The number of benzene rings is 1. The summed E-state index contributed by atoms with van der Waals surface area (Å²) in [6, 6.07) is 5.75. The lowest BCUT2D eigenvalue weighted by molar-refractivity contribution is -0.384. The van der Waals surface area contributed by atoms with Crippen molar-refractivity contribution >= 4 is 13.9 Å². The summed E-state index contributed by atoms with van der Waals surface area (Å²) in [6.45, 7) is 3.62. The van der Waals surface area contributed by atoms with Crippen LogP contribution >= 0.6 is 8.25 Å². The minimum Gasteiger partial charge on any atom is -0.566 e. The van der Waals surface area contributed by atoms with E-state index in [1.54, 1.807) is 0 Å². The molecule has 1 unspecified atom stereocenters. The number of rotatable bonds is 6. The first-order valence-corrected chi connectivity index (χ1v) is 6.63. The van der Waals surface area contributed by atoms with Crippen LogP contribution in [0.1, 0.15) is 32.3 Å². The highest BCUT2D eigenvalue weighted by molar-refractivity contribution is 7.30. The van der Waals surface area contributed by atoms with E-state index < -0.39 is 18.8 Å². The Morgan fingerprint density at radius 3 is 2.11 bits per heavy atom. The van der Waals surface area contributed by atoms with Gasteiger partial charge in [0.1, 0.15) is 5.60 Å². The zero-order valence-corrected chi connectivity index (χ0v) is 11.1. The summed E-state index contributed by atoms with van der Waals surface area (Å²) < 4.78 is 15.8. The van der Waals surface area contributed by atoms with Gasteiger partial charge in [-0.2, -0.15) is 0 Å². The van der Waals surface area contributed by atoms with Crippen molar-refractivity contribution < 1.29 is 18.9 Å². The maximum absolute atomic E-state index is 10.8. The Kier molecular flexibility index (Phi) is 4.90. The number of nitrogens with zero attached hydrogens (tertiary/aromatic N) is 1. The summed E-state index contributed by atoms with van der Waals surface area (Å²) >= 11 is 0. The molecule has 0 spiro atoms. The molecule has 0 N–H and O–H groups in total. The maximum Gasteiger partial charge on any atom is 0.489 e. The van der Waals surface area contributed by atoms with Crippen LogP contribution in [0.3, 0.4) is 0 Å². The van der Waals surface area contributed by atoms with Crippen molar-refractivity contribution in [1.82, 2.24) is 0 Å². The quantitative estimate of drug-likeness (QED) is 0.450. The second kappa shape index (κ2) is 6.00. The van der Waals surface area contributed by atoms with Gasteiger partial charge < -0.3 is 4.89 Å². The number of hydrogen-bond acceptors (Lipinski definition) is 5. The maximum atomic E-state index is 10.8. The molecule has 18 heavy (non-hydrogen) atoms. The van der Waals surface area contributed by atoms with E-state index in [-0.39, 0.29) is 5.69 Å². The number of nitro groups is 1. The van der Waals surface area contributed by atoms with E-state index in [2.05, 4.69) is 0 Å². The Labute approximate surface area is 106 Å². The normalized spacial score (nSPS) is 12.3. The summed E-state index contributed by atoms with van der Waals surface area (Å²) in [7, 11) is -2.98. The molecule has 0 saturated heterocycles. The van der Waals surface area contributed by atoms with Crippen LogP contribution in [0.25, 0.3) is 0 Å². The third-order valence-electron chi connectivity index (χ3n) is 3.00. The molecule has 0 aliphatic rings. The van der Waals surface area contributed by atoms with Crippen LogP contribution in [0.15, 0.2) is 24.3 Å². The predicted octanol–water partition coefficient (Wildman–Crippen LogP) is 2.64. The lowest BCUT2D eigenvalue weighted by Gasteiger charge is -2.26. The molecule has 0 aliphatic heterocycles. The number of hydrogen-bond donors (Lipinski definition) is 0. The Morgan fingerprint density at radius 1 is 1.28 bits per heavy atom. The number of non-ortho nitro benzene ring substituents is 1. The third-order valence-corrected chi connectivity index (χ3v) is 3.49. The monoisotopic (exact) mass is 271 g/mol. The van der Waals surface area contributed by atoms with E-state index in [9.17, 15) is 19.6 Å². The van der Waals surface area contributed by atoms with E-state index >= 15 is 0 Å². The van der Waals surface area contributed by atoms with Gasteiger partial charge in [-0.05, 0) is 35.1 Å². The van der Waals surface area contributed by atoms with Crippen molar-refractivity contribution in [2.75, 3.05) is 0 Å². The highest BCUT2D eigenvalue weighted by Gasteiger charge is 2.36. The van der Waals surface area contributed by atoms with Crippen molar-refractivity contribution in [3.05, 3.63) is 39.9 Å². The van der Waals surface area contributed by atoms with Gasteiger partial charge in [0.15, 0.2) is 0 Å². The fraction of sp³-hybridized carbons (Fsp3) is 0.455. The van der Waals surface area contributed by atoms with Crippen molar-refractivity contribution in [2.45, 2.75) is 32.3 Å². The first-order valence-electron chi connectivity index (χ1n) is 5.53. The molecule has 0 fully saturated rings. The second-order valence-electron chi connectivity index (χ2n) is 3.82. The van der Waals surface area contributed by atoms with E-state index in [0.29, 0.717) is 18.4 Å². The molecule has 1 aromatic carbocycles. The van der Waals surface area contributed by atoms with Crippen LogP contribution in [0.4, 0.5) is 5.69 Å². The number of nitro benzene ring substituents is 1. The Bertz CT molecular complexity index is 441. The third kappa shape index (κ3) is 3.10. The largest absolute Gasteiger partial charge is 0.566 e. The van der Waals surface area contributed by atoms with Crippen molar-refractivity contribution in [3.63, 3.8) is 0 Å². The smallest absolute Gasteiger partial charge is 0.489 e. The predicted molar refractivity (Wildman–Crippen MR) is 64.0 cm³/mol. The SMILES string of the molecule is CCC(CC)(O[P+](=O)[O-])c1ccc([N+](=O)[O-])cc1. The minimum absolute atomic E-state index is 0.0358.